The van der Waals surface area contributed by atoms with Crippen molar-refractivity contribution in [3.05, 3.63) is 35.9 Å². The lowest BCUT2D eigenvalue weighted by atomic mass is 9.79. The number of nitrogens with zero attached hydrogens (tertiary/aromatic N) is 3. The van der Waals surface area contributed by atoms with Crippen molar-refractivity contribution < 1.29 is 23.2 Å². The van der Waals surface area contributed by atoms with Crippen LogP contribution in [0.2, 0.25) is 0 Å². The Balaban J connectivity index is 0.00000384. The summed E-state index contributed by atoms with van der Waals surface area (Å²) in [5.74, 6) is -2.69. The predicted octanol–water partition coefficient (Wildman–Crippen LogP) is 6.71. The van der Waals surface area contributed by atoms with Gasteiger partial charge in [-0.1, -0.05) is 49.6 Å². The van der Waals surface area contributed by atoms with Gasteiger partial charge in [0.25, 0.3) is 5.91 Å². The molecule has 1 aromatic rings. The average molecular weight is 635 g/mol. The molecule has 6 rings (SSSR count). The maximum atomic E-state index is 13.9. The van der Waals surface area contributed by atoms with Gasteiger partial charge in [-0.15, -0.1) is 12.4 Å². The van der Waals surface area contributed by atoms with Gasteiger partial charge >= 0.3 is 6.03 Å². The summed E-state index contributed by atoms with van der Waals surface area (Å²) in [4.78, 5) is 46.7. The molecule has 4 amide bonds. The minimum absolute atomic E-state index is 0. The first kappa shape index (κ1) is 33.1. The third-order valence-corrected chi connectivity index (χ3v) is 11.3. The number of alkyl halides is 2. The van der Waals surface area contributed by atoms with Crippen LogP contribution in [0.3, 0.4) is 0 Å². The summed E-state index contributed by atoms with van der Waals surface area (Å²) in [7, 11) is 0. The Morgan fingerprint density at radius 1 is 0.955 bits per heavy atom. The summed E-state index contributed by atoms with van der Waals surface area (Å²) in [6.07, 6.45) is 10.0. The Labute approximate surface area is 266 Å². The second-order valence-corrected chi connectivity index (χ2v) is 13.9. The number of piperidine rings is 1. The number of halogens is 3. The van der Waals surface area contributed by atoms with Crippen LogP contribution in [-0.2, 0) is 9.59 Å². The van der Waals surface area contributed by atoms with E-state index in [2.05, 4.69) is 10.2 Å². The zero-order valence-electron chi connectivity index (χ0n) is 26.0. The molecule has 0 aromatic heterocycles. The van der Waals surface area contributed by atoms with E-state index in [4.69, 9.17) is 0 Å². The SMILES string of the molecule is CCN1C(=O)N(CC2CCCCC2)C2(CC3CCC(C2)N3CC[C@H](NC(=O)C2CCC(F)(F)CC2)c2ccccc2)C1=O.Cl. The lowest BCUT2D eigenvalue weighted by Crippen LogP contribution is -2.61. The number of fused-ring (bicyclic) bond motifs is 2. The highest BCUT2D eigenvalue weighted by molar-refractivity contribution is 6.07. The van der Waals surface area contributed by atoms with Crippen molar-refractivity contribution in [1.29, 1.82) is 0 Å². The summed E-state index contributed by atoms with van der Waals surface area (Å²) in [5.41, 5.74) is 0.287. The normalized spacial score (nSPS) is 30.1. The van der Waals surface area contributed by atoms with Crippen molar-refractivity contribution in [2.45, 2.75) is 126 Å². The van der Waals surface area contributed by atoms with Crippen molar-refractivity contribution >= 4 is 30.3 Å². The van der Waals surface area contributed by atoms with Gasteiger partial charge in [0.15, 0.2) is 0 Å². The maximum Gasteiger partial charge on any atom is 0.327 e. The fourth-order valence-corrected chi connectivity index (χ4v) is 8.90. The van der Waals surface area contributed by atoms with E-state index in [1.807, 2.05) is 42.2 Å². The fraction of sp³-hybridized carbons (Fsp3) is 0.735. The van der Waals surface area contributed by atoms with E-state index >= 15 is 0 Å². The molecule has 1 aromatic carbocycles. The van der Waals surface area contributed by atoms with Crippen molar-refractivity contribution in [2.75, 3.05) is 19.6 Å². The minimum Gasteiger partial charge on any atom is -0.349 e. The topological polar surface area (TPSA) is 73.0 Å². The molecule has 0 radical (unpaired) electrons. The lowest BCUT2D eigenvalue weighted by molar-refractivity contribution is -0.137. The minimum atomic E-state index is -2.66. The van der Waals surface area contributed by atoms with Crippen LogP contribution in [0.5, 0.6) is 0 Å². The summed E-state index contributed by atoms with van der Waals surface area (Å²) in [5, 5.41) is 3.22. The lowest BCUT2D eigenvalue weighted by Gasteiger charge is -2.48. The van der Waals surface area contributed by atoms with Crippen LogP contribution in [-0.4, -0.2) is 75.7 Å². The Kier molecular flexibility index (Phi) is 10.2. The molecule has 7 nitrogen and oxygen atoms in total. The first-order chi connectivity index (χ1) is 20.7. The Morgan fingerprint density at radius 3 is 2.20 bits per heavy atom. The number of likely N-dealkylation sites (N-methyl/N-ethyl adjacent to an activating group) is 1. The quantitative estimate of drug-likeness (QED) is 0.307. The summed E-state index contributed by atoms with van der Waals surface area (Å²) in [6, 6.07) is 10.0. The van der Waals surface area contributed by atoms with E-state index in [0.717, 1.165) is 37.8 Å². The van der Waals surface area contributed by atoms with Crippen LogP contribution in [0.4, 0.5) is 13.6 Å². The number of benzene rings is 1. The Bertz CT molecular complexity index is 1160. The number of amides is 4. The average Bonchev–Trinajstić information content (AvgIpc) is 3.36. The first-order valence-electron chi connectivity index (χ1n) is 16.8. The molecule has 5 fully saturated rings. The maximum absolute atomic E-state index is 13.9. The number of hydrogen-bond acceptors (Lipinski definition) is 4. The molecule has 1 spiro atoms. The molecule has 3 heterocycles. The fourth-order valence-electron chi connectivity index (χ4n) is 8.90. The van der Waals surface area contributed by atoms with Crippen molar-refractivity contribution in [3.8, 4) is 0 Å². The molecule has 1 N–H and O–H groups in total. The molecule has 44 heavy (non-hydrogen) atoms. The number of nitrogens with one attached hydrogen (secondary N) is 1. The van der Waals surface area contributed by atoms with E-state index in [-0.39, 0.29) is 80.0 Å². The van der Waals surface area contributed by atoms with Gasteiger partial charge in [-0.05, 0) is 76.2 Å². The largest absolute Gasteiger partial charge is 0.349 e. The van der Waals surface area contributed by atoms with Gasteiger partial charge in [-0.25, -0.2) is 13.6 Å². The van der Waals surface area contributed by atoms with Crippen LogP contribution < -0.4 is 5.32 Å². The third kappa shape index (κ3) is 6.51. The van der Waals surface area contributed by atoms with Gasteiger partial charge in [0.2, 0.25) is 11.8 Å². The second kappa shape index (κ2) is 13.6. The van der Waals surface area contributed by atoms with E-state index in [0.29, 0.717) is 38.3 Å². The highest BCUT2D eigenvalue weighted by atomic mass is 35.5. The number of carbonyl (C=O) groups excluding carboxylic acids is 3. The number of rotatable bonds is 9. The molecule has 2 saturated carbocycles. The summed E-state index contributed by atoms with van der Waals surface area (Å²) < 4.78 is 27.5. The molecular weight excluding hydrogens is 586 g/mol. The van der Waals surface area contributed by atoms with E-state index < -0.39 is 11.5 Å². The van der Waals surface area contributed by atoms with Crippen LogP contribution in [0.25, 0.3) is 0 Å². The standard InChI is InChI=1S/C34H48F2N4O3.ClH/c1-2-38-31(42)33(40(32(38)43)23-24-9-5-3-6-10-24)21-27-13-14-28(22-33)39(27)20-17-29(25-11-7-4-8-12-25)37-30(41)26-15-18-34(35,36)19-16-26;/h4,7-8,11-12,24,26-29H,2-3,5-6,9-10,13-23H2,1H3,(H,37,41);1H/t27?,28?,29-,33?;/m0./s1. The van der Waals surface area contributed by atoms with Gasteiger partial charge in [0, 0.05) is 50.5 Å². The third-order valence-electron chi connectivity index (χ3n) is 11.3. The molecule has 5 aliphatic rings. The molecule has 3 atom stereocenters. The van der Waals surface area contributed by atoms with Crippen molar-refractivity contribution in [2.24, 2.45) is 11.8 Å². The molecule has 2 unspecified atom stereocenters. The number of carbonyl (C=O) groups is 3. The van der Waals surface area contributed by atoms with Gasteiger partial charge in [-0.3, -0.25) is 19.4 Å². The molecule has 244 valence electrons. The van der Waals surface area contributed by atoms with Crippen LogP contribution in [0.1, 0.15) is 108 Å². The Hall–Kier alpha value is -2.26. The van der Waals surface area contributed by atoms with E-state index in [9.17, 15) is 23.2 Å². The predicted molar refractivity (Wildman–Crippen MR) is 168 cm³/mol. The highest BCUT2D eigenvalue weighted by Crippen LogP contribution is 2.48. The van der Waals surface area contributed by atoms with Crippen molar-refractivity contribution in [3.63, 3.8) is 0 Å². The van der Waals surface area contributed by atoms with Gasteiger partial charge in [0.1, 0.15) is 5.54 Å². The van der Waals surface area contributed by atoms with E-state index in [1.165, 1.54) is 24.2 Å². The molecular formula is C34H49ClF2N4O3. The number of urea groups is 1. The Morgan fingerprint density at radius 2 is 1.59 bits per heavy atom. The molecule has 3 aliphatic heterocycles. The van der Waals surface area contributed by atoms with Crippen LogP contribution in [0.15, 0.2) is 30.3 Å². The highest BCUT2D eigenvalue weighted by Gasteiger charge is 2.62. The second-order valence-electron chi connectivity index (χ2n) is 13.9. The number of imide groups is 1. The van der Waals surface area contributed by atoms with E-state index in [1.54, 1.807) is 0 Å². The summed E-state index contributed by atoms with van der Waals surface area (Å²) in [6.45, 7) is 3.77. The molecule has 2 bridgehead atoms. The zero-order valence-corrected chi connectivity index (χ0v) is 26.8. The smallest absolute Gasteiger partial charge is 0.327 e. The van der Waals surface area contributed by atoms with Crippen molar-refractivity contribution in [1.82, 2.24) is 20.0 Å². The molecule has 3 saturated heterocycles. The summed E-state index contributed by atoms with van der Waals surface area (Å²) >= 11 is 0. The molecule has 10 heteroatoms. The molecule has 2 aliphatic carbocycles. The van der Waals surface area contributed by atoms with Gasteiger partial charge < -0.3 is 10.2 Å². The van der Waals surface area contributed by atoms with Gasteiger partial charge in [0.05, 0.1) is 6.04 Å². The van der Waals surface area contributed by atoms with Crippen LogP contribution in [0, 0.1) is 11.8 Å². The monoisotopic (exact) mass is 634 g/mol. The van der Waals surface area contributed by atoms with Crippen LogP contribution >= 0.6 is 12.4 Å². The van der Waals surface area contributed by atoms with Gasteiger partial charge in [-0.2, -0.15) is 0 Å². The first-order valence-corrected chi connectivity index (χ1v) is 16.8. The zero-order chi connectivity index (χ0) is 30.2. The number of hydrogen-bond donors (Lipinski definition) is 1.